The second kappa shape index (κ2) is 6.10. The number of nitrogens with zero attached hydrogens (tertiary/aromatic N) is 1. The number of aryl methyl sites for hydroxylation is 1. The van der Waals surface area contributed by atoms with E-state index in [0.717, 1.165) is 11.8 Å². The molecule has 0 spiro atoms. The molecule has 5 N–H and O–H groups in total. The third-order valence-corrected chi connectivity index (χ3v) is 4.31. The van der Waals surface area contributed by atoms with Crippen molar-refractivity contribution in [2.45, 2.75) is 18.1 Å². The Morgan fingerprint density at radius 1 is 1.50 bits per heavy atom. The highest BCUT2D eigenvalue weighted by Crippen LogP contribution is 2.27. The topological polar surface area (TPSA) is 115 Å². The van der Waals surface area contributed by atoms with E-state index >= 15 is 0 Å². The summed E-state index contributed by atoms with van der Waals surface area (Å²) >= 11 is 5.79. The molecule has 0 aliphatic heterocycles. The number of nitrogens with one attached hydrogen (secondary N) is 1. The van der Waals surface area contributed by atoms with Crippen molar-refractivity contribution in [3.05, 3.63) is 37.8 Å². The smallest absolute Gasteiger partial charge is 0.258 e. The molecule has 0 amide bonds. The first kappa shape index (κ1) is 14.6. The van der Waals surface area contributed by atoms with Crippen LogP contribution in [0.1, 0.15) is 32.5 Å². The molecule has 0 radical (unpaired) electrons. The molecule has 0 fully saturated rings. The fourth-order valence-electron chi connectivity index (χ4n) is 1.93. The molecular weight excluding hydrogens is 296 g/mol. The lowest BCUT2D eigenvalue weighted by molar-refractivity contribution is 0.112. The summed E-state index contributed by atoms with van der Waals surface area (Å²) in [6.45, 7) is 0. The normalized spacial score (nSPS) is 12.2. The van der Waals surface area contributed by atoms with E-state index in [9.17, 15) is 9.59 Å². The van der Waals surface area contributed by atoms with Gasteiger partial charge in [-0.3, -0.25) is 14.6 Å². The second-order valence-corrected chi connectivity index (χ2v) is 5.80. The molecule has 2 aromatic rings. The van der Waals surface area contributed by atoms with Crippen molar-refractivity contribution in [1.29, 1.82) is 0 Å². The first-order valence-corrected chi connectivity index (χ1v) is 7.27. The van der Waals surface area contributed by atoms with Gasteiger partial charge in [0.1, 0.15) is 5.82 Å². The van der Waals surface area contributed by atoms with Crippen LogP contribution < -0.4 is 17.0 Å². The van der Waals surface area contributed by atoms with Crippen molar-refractivity contribution in [2.24, 2.45) is 0 Å². The van der Waals surface area contributed by atoms with Gasteiger partial charge in [0, 0.05) is 5.25 Å². The SMILES string of the molecule is Nc1nc(N)c(C(S)CCc2ccsc2C=O)c(=O)[nH]1. The number of aromatic nitrogens is 2. The monoisotopic (exact) mass is 310 g/mol. The van der Waals surface area contributed by atoms with Crippen molar-refractivity contribution in [2.75, 3.05) is 11.5 Å². The number of anilines is 2. The molecule has 20 heavy (non-hydrogen) atoms. The Hall–Kier alpha value is -1.80. The Labute approximate surface area is 124 Å². The summed E-state index contributed by atoms with van der Waals surface area (Å²) in [5.41, 5.74) is 12.0. The van der Waals surface area contributed by atoms with Crippen molar-refractivity contribution < 1.29 is 4.79 Å². The first-order chi connectivity index (χ1) is 9.52. The number of rotatable bonds is 5. The Bertz CT molecular complexity index is 680. The van der Waals surface area contributed by atoms with Crippen molar-refractivity contribution >= 4 is 42.0 Å². The molecule has 106 valence electrons. The fourth-order valence-corrected chi connectivity index (χ4v) is 3.07. The molecule has 0 saturated carbocycles. The lowest BCUT2D eigenvalue weighted by atomic mass is 10.1. The summed E-state index contributed by atoms with van der Waals surface area (Å²) in [4.78, 5) is 29.6. The number of hydrogen-bond acceptors (Lipinski definition) is 7. The predicted molar refractivity (Wildman–Crippen MR) is 83.4 cm³/mol. The van der Waals surface area contributed by atoms with E-state index in [1.54, 1.807) is 0 Å². The van der Waals surface area contributed by atoms with Crippen LogP contribution in [0.25, 0.3) is 0 Å². The van der Waals surface area contributed by atoms with Gasteiger partial charge in [-0.1, -0.05) is 0 Å². The summed E-state index contributed by atoms with van der Waals surface area (Å²) in [5, 5.41) is 1.49. The summed E-state index contributed by atoms with van der Waals surface area (Å²) in [6, 6.07) is 1.89. The predicted octanol–water partition coefficient (Wildman–Crippen LogP) is 1.41. The van der Waals surface area contributed by atoms with Gasteiger partial charge in [0.15, 0.2) is 6.29 Å². The van der Waals surface area contributed by atoms with Crippen LogP contribution in [0.15, 0.2) is 16.2 Å². The molecule has 8 heteroatoms. The Kier molecular flexibility index (Phi) is 4.46. The van der Waals surface area contributed by atoms with Gasteiger partial charge in [-0.05, 0) is 29.9 Å². The van der Waals surface area contributed by atoms with E-state index in [1.807, 2.05) is 11.4 Å². The maximum absolute atomic E-state index is 11.8. The van der Waals surface area contributed by atoms with E-state index in [0.29, 0.717) is 23.3 Å². The van der Waals surface area contributed by atoms with Crippen LogP contribution >= 0.6 is 24.0 Å². The number of aldehydes is 1. The summed E-state index contributed by atoms with van der Waals surface area (Å²) in [6.07, 6.45) is 2.04. The molecule has 2 rings (SSSR count). The van der Waals surface area contributed by atoms with E-state index in [4.69, 9.17) is 11.5 Å². The van der Waals surface area contributed by atoms with Gasteiger partial charge in [-0.25, -0.2) is 0 Å². The third kappa shape index (κ3) is 3.02. The number of H-pyrrole nitrogens is 1. The van der Waals surface area contributed by atoms with Gasteiger partial charge >= 0.3 is 0 Å². The minimum absolute atomic E-state index is 0.0159. The Balaban J connectivity index is 2.15. The molecule has 0 aliphatic carbocycles. The standard InChI is InChI=1S/C12H14N4O2S2/c13-10-9(11(18)16-12(14)15-10)7(19)2-1-6-3-4-20-8(6)5-17/h3-5,7,19H,1-2H2,(H5,13,14,15,16,18). The molecule has 0 aromatic carbocycles. The second-order valence-electron chi connectivity index (χ2n) is 4.23. The number of carbonyl (C=O) groups excluding carboxylic acids is 1. The van der Waals surface area contributed by atoms with Crippen LogP contribution in [0.5, 0.6) is 0 Å². The van der Waals surface area contributed by atoms with E-state index < -0.39 is 0 Å². The Morgan fingerprint density at radius 2 is 2.25 bits per heavy atom. The van der Waals surface area contributed by atoms with Crippen LogP contribution in [0.2, 0.25) is 0 Å². The zero-order valence-corrected chi connectivity index (χ0v) is 12.2. The number of nitrogen functional groups attached to an aromatic ring is 2. The molecular formula is C12H14N4O2S2. The maximum atomic E-state index is 11.8. The summed E-state index contributed by atoms with van der Waals surface area (Å²) in [7, 11) is 0. The molecule has 1 unspecified atom stereocenters. The molecule has 2 aromatic heterocycles. The van der Waals surface area contributed by atoms with Crippen molar-refractivity contribution in [1.82, 2.24) is 9.97 Å². The van der Waals surface area contributed by atoms with Gasteiger partial charge in [0.05, 0.1) is 10.4 Å². The number of nitrogens with two attached hydrogens (primary N) is 2. The summed E-state index contributed by atoms with van der Waals surface area (Å²) in [5.74, 6) is 0.0741. The van der Waals surface area contributed by atoms with Crippen LogP contribution in [-0.2, 0) is 6.42 Å². The molecule has 2 heterocycles. The number of thiol groups is 1. The van der Waals surface area contributed by atoms with Crippen molar-refractivity contribution in [3.8, 4) is 0 Å². The van der Waals surface area contributed by atoms with Gasteiger partial charge in [-0.2, -0.15) is 17.6 Å². The van der Waals surface area contributed by atoms with Gasteiger partial charge in [-0.15, -0.1) is 11.3 Å². The van der Waals surface area contributed by atoms with E-state index in [-0.39, 0.29) is 22.6 Å². The number of aromatic amines is 1. The molecule has 1 atom stereocenters. The maximum Gasteiger partial charge on any atom is 0.258 e. The molecule has 0 saturated heterocycles. The average molecular weight is 310 g/mol. The molecule has 6 nitrogen and oxygen atoms in total. The highest BCUT2D eigenvalue weighted by atomic mass is 32.1. The van der Waals surface area contributed by atoms with E-state index in [2.05, 4.69) is 22.6 Å². The van der Waals surface area contributed by atoms with Gasteiger partial charge < -0.3 is 11.5 Å². The van der Waals surface area contributed by atoms with Gasteiger partial charge in [0.2, 0.25) is 5.95 Å². The highest BCUT2D eigenvalue weighted by molar-refractivity contribution is 7.80. The Morgan fingerprint density at radius 3 is 2.90 bits per heavy atom. The minimum atomic E-state index is -0.379. The zero-order chi connectivity index (χ0) is 14.7. The lowest BCUT2D eigenvalue weighted by Crippen LogP contribution is -2.20. The number of hydrogen-bond donors (Lipinski definition) is 4. The van der Waals surface area contributed by atoms with Crippen LogP contribution in [-0.4, -0.2) is 16.3 Å². The first-order valence-electron chi connectivity index (χ1n) is 5.87. The quantitative estimate of drug-likeness (QED) is 0.492. The van der Waals surface area contributed by atoms with Crippen molar-refractivity contribution in [3.63, 3.8) is 0 Å². The fraction of sp³-hybridized carbons (Fsp3) is 0.250. The summed E-state index contributed by atoms with van der Waals surface area (Å²) < 4.78 is 0. The lowest BCUT2D eigenvalue weighted by Gasteiger charge is -2.12. The van der Waals surface area contributed by atoms with Gasteiger partial charge in [0.25, 0.3) is 5.56 Å². The highest BCUT2D eigenvalue weighted by Gasteiger charge is 2.17. The number of thiophene rings is 1. The molecule has 0 bridgehead atoms. The van der Waals surface area contributed by atoms with Crippen LogP contribution in [0.4, 0.5) is 11.8 Å². The van der Waals surface area contributed by atoms with Crippen LogP contribution in [0.3, 0.4) is 0 Å². The van der Waals surface area contributed by atoms with Crippen LogP contribution in [0, 0.1) is 0 Å². The van der Waals surface area contributed by atoms with E-state index in [1.165, 1.54) is 11.3 Å². The number of carbonyl (C=O) groups is 1. The molecule has 0 aliphatic rings. The zero-order valence-electron chi connectivity index (χ0n) is 10.5. The largest absolute Gasteiger partial charge is 0.383 e. The minimum Gasteiger partial charge on any atom is -0.383 e. The third-order valence-electron chi connectivity index (χ3n) is 2.91. The average Bonchev–Trinajstić information content (AvgIpc) is 2.82.